The highest BCUT2D eigenvalue weighted by atomic mass is 79.9. The quantitative estimate of drug-likeness (QED) is 0.0538. The number of rotatable bonds is 15. The lowest BCUT2D eigenvalue weighted by atomic mass is 9.93. The Hall–Kier alpha value is -5.31. The molecule has 58 heavy (non-hydrogen) atoms. The average Bonchev–Trinajstić information content (AvgIpc) is 3.21. The molecule has 2 aromatic heterocycles. The third kappa shape index (κ3) is 9.68. The molecule has 3 aromatic carbocycles. The van der Waals surface area contributed by atoms with Gasteiger partial charge in [-0.25, -0.2) is 9.78 Å². The van der Waals surface area contributed by atoms with Crippen LogP contribution >= 0.6 is 23.1 Å². The first-order chi connectivity index (χ1) is 28.0. The predicted molar refractivity (Wildman–Crippen MR) is 236 cm³/mol. The number of imide groups is 1. The first-order valence-corrected chi connectivity index (χ1v) is 22.8. The van der Waals surface area contributed by atoms with Crippen LogP contribution in [0.25, 0.3) is 11.0 Å². The molecule has 4 heterocycles. The van der Waals surface area contributed by atoms with Gasteiger partial charge in [0.1, 0.15) is 24.2 Å². The first-order valence-electron chi connectivity index (χ1n) is 19.4. The van der Waals surface area contributed by atoms with Gasteiger partial charge in [0.2, 0.25) is 11.9 Å². The van der Waals surface area contributed by atoms with E-state index < -0.39 is 7.14 Å². The highest BCUT2D eigenvalue weighted by Gasteiger charge is 2.26. The average molecular weight is 871 g/mol. The van der Waals surface area contributed by atoms with Gasteiger partial charge in [0, 0.05) is 80.9 Å². The molecule has 15 nitrogen and oxygen atoms in total. The van der Waals surface area contributed by atoms with Crippen molar-refractivity contribution < 1.29 is 18.9 Å². The Kier molecular flexibility index (Phi) is 12.7. The smallest absolute Gasteiger partial charge is 0.328 e. The number of nitrogens with zero attached hydrogens (tertiary/aromatic N) is 6. The summed E-state index contributed by atoms with van der Waals surface area (Å²) in [6, 6.07) is 15.4. The molecule has 3 amide bonds. The third-order valence-electron chi connectivity index (χ3n) is 10.5. The first kappa shape index (κ1) is 40.9. The number of aromatic nitrogens is 4. The number of carbonyl (C=O) groups excluding carboxylic acids is 2. The number of amides is 3. The Balaban J connectivity index is 0.874. The lowest BCUT2D eigenvalue weighted by Crippen LogP contribution is -2.49. The van der Waals surface area contributed by atoms with Crippen molar-refractivity contribution in [2.24, 2.45) is 5.92 Å². The van der Waals surface area contributed by atoms with Crippen molar-refractivity contribution >= 4 is 91.6 Å². The minimum atomic E-state index is -2.76. The topological polar surface area (TPSA) is 179 Å². The molecular formula is C41H49BrN11O4P. The molecule has 304 valence electrons. The van der Waals surface area contributed by atoms with E-state index in [9.17, 15) is 14.2 Å². The van der Waals surface area contributed by atoms with Crippen molar-refractivity contribution in [2.45, 2.75) is 32.6 Å². The molecule has 17 heteroatoms. The second-order valence-electron chi connectivity index (χ2n) is 14.9. The van der Waals surface area contributed by atoms with Crippen LogP contribution in [0.4, 0.5) is 45.0 Å². The fraction of sp³-hybridized carbons (Fsp3) is 0.366. The summed E-state index contributed by atoms with van der Waals surface area (Å²) < 4.78 is 19.8. The van der Waals surface area contributed by atoms with Gasteiger partial charge in [0.25, 0.3) is 0 Å². The summed E-state index contributed by atoms with van der Waals surface area (Å²) in [4.78, 5) is 45.8. The van der Waals surface area contributed by atoms with E-state index in [1.807, 2.05) is 43.3 Å². The largest absolute Gasteiger partial charge is 0.494 e. The zero-order valence-electron chi connectivity index (χ0n) is 33.1. The maximum atomic E-state index is 13.4. The van der Waals surface area contributed by atoms with Gasteiger partial charge in [0.05, 0.1) is 33.8 Å². The molecule has 2 aliphatic heterocycles. The van der Waals surface area contributed by atoms with Gasteiger partial charge in [0.15, 0.2) is 0 Å². The summed E-state index contributed by atoms with van der Waals surface area (Å²) >= 11 is 3.56. The van der Waals surface area contributed by atoms with Crippen LogP contribution in [-0.2, 0) is 9.36 Å². The zero-order chi connectivity index (χ0) is 40.8. The van der Waals surface area contributed by atoms with Gasteiger partial charge >= 0.3 is 6.03 Å². The predicted octanol–water partition coefficient (Wildman–Crippen LogP) is 6.99. The second-order valence-corrected chi connectivity index (χ2v) is 18.9. The van der Waals surface area contributed by atoms with Crippen molar-refractivity contribution in [1.82, 2.24) is 30.6 Å². The van der Waals surface area contributed by atoms with Gasteiger partial charge in [-0.1, -0.05) is 0 Å². The van der Waals surface area contributed by atoms with Crippen molar-refractivity contribution in [3.63, 3.8) is 0 Å². The molecule has 5 aromatic rings. The van der Waals surface area contributed by atoms with Crippen molar-refractivity contribution in [3.8, 4) is 5.75 Å². The molecule has 0 radical (unpaired) electrons. The van der Waals surface area contributed by atoms with E-state index in [4.69, 9.17) is 9.72 Å². The molecule has 2 saturated heterocycles. The SMILES string of the molecule is COc1cc(NCCNCCC2CCN(c3ccc(N4CCC(=O)NC4=O)cc3)CC2)c(C)cc1Nc1ncc(Br)c(Nc2ccc3nccnc3c2P(C)(C)=O)n1. The number of halogens is 1. The van der Waals surface area contributed by atoms with Gasteiger partial charge in [-0.05, 0) is 116 Å². The molecule has 0 aliphatic carbocycles. The van der Waals surface area contributed by atoms with Crippen LogP contribution in [0.3, 0.4) is 0 Å². The van der Waals surface area contributed by atoms with Crippen molar-refractivity contribution in [2.75, 3.05) is 85.5 Å². The van der Waals surface area contributed by atoms with Crippen LogP contribution in [0.1, 0.15) is 31.2 Å². The third-order valence-corrected chi connectivity index (χ3v) is 12.6. The lowest BCUT2D eigenvalue weighted by Gasteiger charge is -2.34. The van der Waals surface area contributed by atoms with Crippen LogP contribution in [0.15, 0.2) is 71.6 Å². The van der Waals surface area contributed by atoms with Gasteiger partial charge in [-0.3, -0.25) is 25.0 Å². The minimum Gasteiger partial charge on any atom is -0.494 e. The van der Waals surface area contributed by atoms with Crippen LogP contribution in [-0.4, -0.2) is 91.6 Å². The number of methoxy groups -OCH3 is 1. The lowest BCUT2D eigenvalue weighted by molar-refractivity contribution is -0.120. The number of hydrogen-bond acceptors (Lipinski definition) is 13. The van der Waals surface area contributed by atoms with Crippen molar-refractivity contribution in [3.05, 3.63) is 77.2 Å². The molecule has 5 N–H and O–H groups in total. The van der Waals surface area contributed by atoms with E-state index in [0.717, 1.165) is 80.3 Å². The summed E-state index contributed by atoms with van der Waals surface area (Å²) in [5, 5.41) is 16.8. The molecule has 2 aliphatic rings. The minimum absolute atomic E-state index is 0.225. The normalized spacial score (nSPS) is 15.1. The number of urea groups is 1. The molecule has 0 saturated carbocycles. The molecule has 0 bridgehead atoms. The zero-order valence-corrected chi connectivity index (χ0v) is 35.6. The monoisotopic (exact) mass is 869 g/mol. The highest BCUT2D eigenvalue weighted by Crippen LogP contribution is 2.41. The number of ether oxygens (including phenoxy) is 1. The standard InChI is InChI=1S/C41H49BrN11O4P/c1-26-23-34(49-40-47-25-30(42)39(51-40)48-32-10-9-31-37(46-19-18-44-31)38(32)58(3,4)56)35(57-2)24-33(26)45-17-16-43-15-11-27-12-20-52(21-13-27)28-5-7-29(8-6-28)53-22-14-36(54)50-41(53)55/h5-10,18-19,23-25,27,43,45H,11-17,20-22H2,1-4H3,(H,50,54,55)(H2,47,48,49,51). The Bertz CT molecular complexity index is 2330. The summed E-state index contributed by atoms with van der Waals surface area (Å²) in [7, 11) is -1.12. The summed E-state index contributed by atoms with van der Waals surface area (Å²) in [5.74, 6) is 1.95. The molecule has 0 unspecified atom stereocenters. The second kappa shape index (κ2) is 18.1. The molecular weight excluding hydrogens is 821 g/mol. The maximum absolute atomic E-state index is 13.4. The van der Waals surface area contributed by atoms with Gasteiger partial charge in [-0.2, -0.15) is 4.98 Å². The van der Waals surface area contributed by atoms with E-state index in [1.165, 1.54) is 0 Å². The number of carbonyl (C=O) groups is 2. The number of fused-ring (bicyclic) bond motifs is 1. The molecule has 7 rings (SSSR count). The summed E-state index contributed by atoms with van der Waals surface area (Å²) in [6.45, 7) is 10.5. The summed E-state index contributed by atoms with van der Waals surface area (Å²) in [6.07, 6.45) is 8.62. The Morgan fingerprint density at radius 1 is 0.897 bits per heavy atom. The van der Waals surface area contributed by atoms with Gasteiger partial charge in [-0.15, -0.1) is 0 Å². The van der Waals surface area contributed by atoms with Crippen LogP contribution < -0.4 is 46.4 Å². The Morgan fingerprint density at radius 2 is 1.66 bits per heavy atom. The van der Waals surface area contributed by atoms with E-state index >= 15 is 0 Å². The maximum Gasteiger partial charge on any atom is 0.328 e. The van der Waals surface area contributed by atoms with Crippen molar-refractivity contribution in [1.29, 1.82) is 0 Å². The van der Waals surface area contributed by atoms with Crippen LogP contribution in [0.2, 0.25) is 0 Å². The van der Waals surface area contributed by atoms with E-state index in [1.54, 1.807) is 43.9 Å². The fourth-order valence-corrected chi connectivity index (χ4v) is 9.11. The number of piperidine rings is 1. The Morgan fingerprint density at radius 3 is 2.40 bits per heavy atom. The number of anilines is 7. The van der Waals surface area contributed by atoms with Crippen LogP contribution in [0.5, 0.6) is 5.75 Å². The Labute approximate surface area is 346 Å². The number of aryl methyl sites for hydroxylation is 1. The highest BCUT2D eigenvalue weighted by molar-refractivity contribution is 9.10. The molecule has 2 fully saturated rings. The number of hydrogen-bond donors (Lipinski definition) is 5. The molecule has 0 spiro atoms. The number of benzene rings is 3. The number of nitrogens with one attached hydrogen (secondary N) is 5. The van der Waals surface area contributed by atoms with Gasteiger partial charge < -0.3 is 35.5 Å². The van der Waals surface area contributed by atoms with E-state index in [0.29, 0.717) is 62.9 Å². The van der Waals surface area contributed by atoms with E-state index in [-0.39, 0.29) is 11.9 Å². The molecule has 0 atom stereocenters. The van der Waals surface area contributed by atoms with Crippen LogP contribution in [0, 0.1) is 12.8 Å². The van der Waals surface area contributed by atoms with E-state index in [2.05, 4.69) is 74.5 Å². The summed E-state index contributed by atoms with van der Waals surface area (Å²) in [5.41, 5.74) is 6.61. The fourth-order valence-electron chi connectivity index (χ4n) is 7.43.